The van der Waals surface area contributed by atoms with Gasteiger partial charge in [-0.1, -0.05) is 18.2 Å². The van der Waals surface area contributed by atoms with Gasteiger partial charge in [-0.05, 0) is 52.2 Å². The average Bonchev–Trinajstić information content (AvgIpc) is 3.10. The molecule has 24 heavy (non-hydrogen) atoms. The Morgan fingerprint density at radius 3 is 2.54 bits per heavy atom. The van der Waals surface area contributed by atoms with Gasteiger partial charge < -0.3 is 4.90 Å². The van der Waals surface area contributed by atoms with Gasteiger partial charge in [0, 0.05) is 12.7 Å². The molecule has 3 nitrogen and oxygen atoms in total. The van der Waals surface area contributed by atoms with Crippen LogP contribution < -0.4 is 0 Å². The van der Waals surface area contributed by atoms with Crippen LogP contribution in [0.25, 0.3) is 0 Å². The highest BCUT2D eigenvalue weighted by molar-refractivity contribution is 7.07. The van der Waals surface area contributed by atoms with Crippen molar-refractivity contribution in [3.05, 3.63) is 88.1 Å². The van der Waals surface area contributed by atoms with Gasteiger partial charge in [-0.15, -0.1) is 0 Å². The van der Waals surface area contributed by atoms with Crippen molar-refractivity contribution in [2.45, 2.75) is 19.5 Å². The van der Waals surface area contributed by atoms with E-state index in [1.807, 2.05) is 35.0 Å². The highest BCUT2D eigenvalue weighted by Gasteiger charge is 2.16. The minimum absolute atomic E-state index is 0.00142. The van der Waals surface area contributed by atoms with E-state index in [1.165, 1.54) is 12.1 Å². The summed E-state index contributed by atoms with van der Waals surface area (Å²) < 4.78 is 13.0. The van der Waals surface area contributed by atoms with Gasteiger partial charge in [-0.2, -0.15) is 11.3 Å². The molecule has 3 aromatic rings. The summed E-state index contributed by atoms with van der Waals surface area (Å²) in [6.07, 6.45) is 1.97. The van der Waals surface area contributed by atoms with E-state index in [-0.39, 0.29) is 18.1 Å². The maximum Gasteiger partial charge on any atom is 0.227 e. The topological polar surface area (TPSA) is 33.2 Å². The number of hydrogen-bond acceptors (Lipinski definition) is 3. The summed E-state index contributed by atoms with van der Waals surface area (Å²) in [5.41, 5.74) is 2.75. The molecule has 2 heterocycles. The summed E-state index contributed by atoms with van der Waals surface area (Å²) in [7, 11) is 0. The Kier molecular flexibility index (Phi) is 5.33. The minimum Gasteiger partial charge on any atom is -0.332 e. The number of rotatable bonds is 6. The van der Waals surface area contributed by atoms with Crippen molar-refractivity contribution in [3.8, 4) is 0 Å². The molecule has 3 rings (SSSR count). The van der Waals surface area contributed by atoms with E-state index in [4.69, 9.17) is 0 Å². The van der Waals surface area contributed by atoms with E-state index in [9.17, 15) is 9.18 Å². The van der Waals surface area contributed by atoms with Crippen molar-refractivity contribution in [3.63, 3.8) is 0 Å². The molecule has 0 atom stereocenters. The normalized spacial score (nSPS) is 10.5. The fraction of sp³-hybridized carbons (Fsp3) is 0.158. The lowest BCUT2D eigenvalue weighted by atomic mass is 10.1. The summed E-state index contributed by atoms with van der Waals surface area (Å²) in [5, 5.41) is 4.04. The molecule has 1 amide bonds. The first-order chi connectivity index (χ1) is 11.7. The van der Waals surface area contributed by atoms with Crippen LogP contribution in [0.4, 0.5) is 4.39 Å². The number of pyridine rings is 1. The Hall–Kier alpha value is -2.53. The standard InChI is InChI=1S/C19H17FN2OS/c20-17-6-4-15(5-7-17)11-19(23)22(12-16-8-10-24-14-16)13-18-3-1-2-9-21-18/h1-10,14H,11-13H2. The van der Waals surface area contributed by atoms with Crippen LogP contribution in [-0.4, -0.2) is 15.8 Å². The van der Waals surface area contributed by atoms with Crippen LogP contribution in [0.1, 0.15) is 16.8 Å². The SMILES string of the molecule is O=C(Cc1ccc(F)cc1)N(Cc1ccsc1)Cc1ccccn1. The van der Waals surface area contributed by atoms with Crippen molar-refractivity contribution in [2.24, 2.45) is 0 Å². The smallest absolute Gasteiger partial charge is 0.227 e. The van der Waals surface area contributed by atoms with Gasteiger partial charge in [0.05, 0.1) is 18.7 Å². The maximum atomic E-state index is 13.0. The molecule has 0 saturated carbocycles. The van der Waals surface area contributed by atoms with E-state index in [2.05, 4.69) is 4.98 Å². The lowest BCUT2D eigenvalue weighted by Crippen LogP contribution is -2.31. The number of halogens is 1. The summed E-state index contributed by atoms with van der Waals surface area (Å²) in [6, 6.07) is 13.7. The fourth-order valence-electron chi connectivity index (χ4n) is 2.41. The second kappa shape index (κ2) is 7.84. The van der Waals surface area contributed by atoms with Gasteiger partial charge >= 0.3 is 0 Å². The van der Waals surface area contributed by atoms with Gasteiger partial charge in [-0.3, -0.25) is 9.78 Å². The van der Waals surface area contributed by atoms with E-state index in [0.717, 1.165) is 16.8 Å². The Balaban J connectivity index is 1.74. The Bertz CT molecular complexity index is 773. The lowest BCUT2D eigenvalue weighted by Gasteiger charge is -2.22. The van der Waals surface area contributed by atoms with Crippen LogP contribution in [0.3, 0.4) is 0 Å². The van der Waals surface area contributed by atoms with Gasteiger partial charge in [-0.25, -0.2) is 4.39 Å². The molecule has 0 N–H and O–H groups in total. The van der Waals surface area contributed by atoms with Crippen molar-refractivity contribution in [1.29, 1.82) is 0 Å². The third-order valence-electron chi connectivity index (χ3n) is 3.65. The summed E-state index contributed by atoms with van der Waals surface area (Å²) in [6.45, 7) is 0.997. The molecule has 0 spiro atoms. The van der Waals surface area contributed by atoms with Crippen molar-refractivity contribution < 1.29 is 9.18 Å². The largest absolute Gasteiger partial charge is 0.332 e. The summed E-state index contributed by atoms with van der Waals surface area (Å²) in [5.74, 6) is -0.298. The number of carbonyl (C=O) groups excluding carboxylic acids is 1. The van der Waals surface area contributed by atoms with Crippen molar-refractivity contribution >= 4 is 17.2 Å². The van der Waals surface area contributed by atoms with E-state index in [1.54, 1.807) is 34.6 Å². The van der Waals surface area contributed by atoms with E-state index >= 15 is 0 Å². The Morgan fingerprint density at radius 1 is 1.04 bits per heavy atom. The van der Waals surface area contributed by atoms with Crippen LogP contribution in [0.15, 0.2) is 65.5 Å². The zero-order chi connectivity index (χ0) is 16.8. The molecule has 1 aromatic carbocycles. The molecule has 0 aliphatic rings. The molecule has 0 radical (unpaired) electrons. The molecule has 5 heteroatoms. The first-order valence-corrected chi connectivity index (χ1v) is 8.58. The first-order valence-electron chi connectivity index (χ1n) is 7.64. The average molecular weight is 340 g/mol. The monoisotopic (exact) mass is 340 g/mol. The van der Waals surface area contributed by atoms with Gasteiger partial charge in [0.1, 0.15) is 5.82 Å². The predicted octanol–water partition coefficient (Wildman–Crippen LogP) is 4.05. The second-order valence-electron chi connectivity index (χ2n) is 5.51. The maximum absolute atomic E-state index is 13.0. The van der Waals surface area contributed by atoms with Crippen LogP contribution >= 0.6 is 11.3 Å². The van der Waals surface area contributed by atoms with E-state index in [0.29, 0.717) is 13.1 Å². The fourth-order valence-corrected chi connectivity index (χ4v) is 3.07. The first kappa shape index (κ1) is 16.3. The van der Waals surface area contributed by atoms with Crippen molar-refractivity contribution in [1.82, 2.24) is 9.88 Å². The number of aromatic nitrogens is 1. The number of thiophene rings is 1. The number of benzene rings is 1. The molecular formula is C19H17FN2OS. The molecular weight excluding hydrogens is 323 g/mol. The molecule has 122 valence electrons. The molecule has 0 aliphatic heterocycles. The molecule has 2 aromatic heterocycles. The highest BCUT2D eigenvalue weighted by Crippen LogP contribution is 2.14. The Labute approximate surface area is 144 Å². The van der Waals surface area contributed by atoms with E-state index < -0.39 is 0 Å². The van der Waals surface area contributed by atoms with Crippen molar-refractivity contribution in [2.75, 3.05) is 0 Å². The Morgan fingerprint density at radius 2 is 1.88 bits per heavy atom. The molecule has 0 fully saturated rings. The third-order valence-corrected chi connectivity index (χ3v) is 4.39. The minimum atomic E-state index is -0.296. The van der Waals surface area contributed by atoms with Crippen LogP contribution in [0.5, 0.6) is 0 Å². The summed E-state index contributed by atoms with van der Waals surface area (Å²) >= 11 is 1.61. The van der Waals surface area contributed by atoms with Gasteiger partial charge in [0.2, 0.25) is 5.91 Å². The number of amides is 1. The highest BCUT2D eigenvalue weighted by atomic mass is 32.1. The van der Waals surface area contributed by atoms with Gasteiger partial charge in [0.25, 0.3) is 0 Å². The van der Waals surface area contributed by atoms with Crippen LogP contribution in [0.2, 0.25) is 0 Å². The third kappa shape index (κ3) is 4.49. The summed E-state index contributed by atoms with van der Waals surface area (Å²) in [4.78, 5) is 18.8. The molecule has 0 bridgehead atoms. The lowest BCUT2D eigenvalue weighted by molar-refractivity contribution is -0.131. The molecule has 0 aliphatic carbocycles. The molecule has 0 saturated heterocycles. The zero-order valence-electron chi connectivity index (χ0n) is 13.1. The van der Waals surface area contributed by atoms with Crippen LogP contribution in [0, 0.1) is 5.82 Å². The zero-order valence-corrected chi connectivity index (χ0v) is 13.9. The number of carbonyl (C=O) groups is 1. The number of hydrogen-bond donors (Lipinski definition) is 0. The van der Waals surface area contributed by atoms with Crippen LogP contribution in [-0.2, 0) is 24.3 Å². The van der Waals surface area contributed by atoms with Gasteiger partial charge in [0.15, 0.2) is 0 Å². The molecule has 0 unspecified atom stereocenters. The quantitative estimate of drug-likeness (QED) is 0.678. The number of nitrogens with zero attached hydrogens (tertiary/aromatic N) is 2. The second-order valence-corrected chi connectivity index (χ2v) is 6.29. The predicted molar refractivity (Wildman–Crippen MR) is 92.9 cm³/mol.